The predicted octanol–water partition coefficient (Wildman–Crippen LogP) is 4.84. The molecule has 1 N–H and O–H groups in total. The lowest BCUT2D eigenvalue weighted by Gasteiger charge is -2.38. The number of benzene rings is 2. The average molecular weight is 333 g/mol. The summed E-state index contributed by atoms with van der Waals surface area (Å²) in [6.45, 7) is 7.34. The van der Waals surface area contributed by atoms with E-state index in [9.17, 15) is 0 Å². The van der Waals surface area contributed by atoms with Gasteiger partial charge in [0.05, 0.1) is 22.8 Å². The minimum atomic E-state index is 0.204. The van der Waals surface area contributed by atoms with Crippen LogP contribution in [0.5, 0.6) is 0 Å². The molecule has 2 heterocycles. The number of hydrogen-bond acceptors (Lipinski definition) is 3. The molecule has 1 aliphatic rings. The molecule has 1 atom stereocenters. The van der Waals surface area contributed by atoms with Crippen molar-refractivity contribution in [3.63, 3.8) is 0 Å². The summed E-state index contributed by atoms with van der Waals surface area (Å²) in [6.07, 6.45) is 0.883. The number of para-hydroxylation sites is 3. The van der Waals surface area contributed by atoms with Crippen LogP contribution in [0.1, 0.15) is 18.9 Å². The van der Waals surface area contributed by atoms with Crippen LogP contribution in [-0.2, 0) is 0 Å². The van der Waals surface area contributed by atoms with Gasteiger partial charge >= 0.3 is 0 Å². The van der Waals surface area contributed by atoms with Gasteiger partial charge in [0.15, 0.2) is 0 Å². The summed E-state index contributed by atoms with van der Waals surface area (Å²) in [5.41, 5.74) is 6.65. The molecule has 120 valence electrons. The van der Waals surface area contributed by atoms with Crippen molar-refractivity contribution in [3.05, 3.63) is 54.6 Å². The molecule has 0 saturated heterocycles. The van der Waals surface area contributed by atoms with E-state index in [0.29, 0.717) is 0 Å². The van der Waals surface area contributed by atoms with Gasteiger partial charge in [0, 0.05) is 23.0 Å². The maximum Gasteiger partial charge on any atom is 0.140 e. The van der Waals surface area contributed by atoms with Gasteiger partial charge < -0.3 is 9.88 Å². The molecule has 4 rings (SSSR count). The standard InChI is InChI=1S/C20H19N3S/c1-3-23-14(12-24)11-13(2)15-7-6-8-16(19(15)23)20-21-17-9-4-5-10-18(17)22-20/h4-10,12,14H,2-3,11H2,1H3,(H,21,22). The maximum absolute atomic E-state index is 5.28. The summed E-state index contributed by atoms with van der Waals surface area (Å²) in [5, 5.41) is 1.85. The monoisotopic (exact) mass is 333 g/mol. The second-order valence-electron chi connectivity index (χ2n) is 6.10. The summed E-state index contributed by atoms with van der Waals surface area (Å²) < 4.78 is 0. The van der Waals surface area contributed by atoms with Crippen LogP contribution in [0.25, 0.3) is 28.0 Å². The molecule has 3 aromatic rings. The van der Waals surface area contributed by atoms with E-state index in [4.69, 9.17) is 17.2 Å². The summed E-state index contributed by atoms with van der Waals surface area (Å²) in [5.74, 6) is 0.893. The lowest BCUT2D eigenvalue weighted by molar-refractivity contribution is 0.745. The summed E-state index contributed by atoms with van der Waals surface area (Å²) in [4.78, 5) is 10.6. The van der Waals surface area contributed by atoms with Crippen molar-refractivity contribution in [1.29, 1.82) is 0 Å². The molecule has 0 amide bonds. The Labute approximate surface area is 147 Å². The zero-order valence-corrected chi connectivity index (χ0v) is 14.4. The normalized spacial score (nSPS) is 17.1. The first kappa shape index (κ1) is 15.1. The Kier molecular flexibility index (Phi) is 3.69. The lowest BCUT2D eigenvalue weighted by atomic mass is 9.90. The molecule has 24 heavy (non-hydrogen) atoms. The van der Waals surface area contributed by atoms with Gasteiger partial charge in [0.1, 0.15) is 5.82 Å². The number of nitrogens with one attached hydrogen (secondary N) is 1. The largest absolute Gasteiger partial charge is 0.363 e. The van der Waals surface area contributed by atoms with Crippen LogP contribution >= 0.6 is 12.2 Å². The van der Waals surface area contributed by atoms with Crippen molar-refractivity contribution >= 4 is 39.9 Å². The molecule has 1 aromatic heterocycles. The maximum atomic E-state index is 5.28. The van der Waals surface area contributed by atoms with Crippen LogP contribution in [0.4, 0.5) is 5.69 Å². The van der Waals surface area contributed by atoms with E-state index < -0.39 is 0 Å². The predicted molar refractivity (Wildman–Crippen MR) is 106 cm³/mol. The summed E-state index contributed by atoms with van der Waals surface area (Å²) in [6, 6.07) is 14.7. The number of nitrogens with zero attached hydrogens (tertiary/aromatic N) is 2. The topological polar surface area (TPSA) is 31.9 Å². The SMILES string of the molecule is C=C1CC(C=S)N(CC)c2c1cccc2-c1nc2ccccc2[nH]1. The van der Waals surface area contributed by atoms with Crippen molar-refractivity contribution in [3.8, 4) is 11.4 Å². The van der Waals surface area contributed by atoms with Crippen molar-refractivity contribution in [1.82, 2.24) is 9.97 Å². The van der Waals surface area contributed by atoms with Gasteiger partial charge in [-0.05, 0) is 37.1 Å². The van der Waals surface area contributed by atoms with E-state index in [1.54, 1.807) is 0 Å². The van der Waals surface area contributed by atoms with Crippen molar-refractivity contribution in [2.45, 2.75) is 19.4 Å². The molecule has 3 nitrogen and oxygen atoms in total. The van der Waals surface area contributed by atoms with Gasteiger partial charge in [0.25, 0.3) is 0 Å². The van der Waals surface area contributed by atoms with E-state index in [1.807, 2.05) is 23.6 Å². The summed E-state index contributed by atoms with van der Waals surface area (Å²) >= 11 is 5.28. The van der Waals surface area contributed by atoms with Gasteiger partial charge in [-0.2, -0.15) is 0 Å². The van der Waals surface area contributed by atoms with Crippen molar-refractivity contribution in [2.24, 2.45) is 0 Å². The van der Waals surface area contributed by atoms with Crippen molar-refractivity contribution < 1.29 is 0 Å². The minimum absolute atomic E-state index is 0.204. The first-order valence-corrected chi connectivity index (χ1v) is 8.68. The van der Waals surface area contributed by atoms with E-state index in [2.05, 4.69) is 47.7 Å². The molecule has 1 aliphatic heterocycles. The third-order valence-corrected chi connectivity index (χ3v) is 5.02. The molecule has 4 heteroatoms. The second kappa shape index (κ2) is 5.87. The molecule has 0 aliphatic carbocycles. The van der Waals surface area contributed by atoms with Gasteiger partial charge in [-0.15, -0.1) is 0 Å². The second-order valence-corrected chi connectivity index (χ2v) is 6.37. The zero-order chi connectivity index (χ0) is 16.7. The Bertz CT molecular complexity index is 908. The number of hydrogen-bond donors (Lipinski definition) is 1. The quantitative estimate of drug-likeness (QED) is 0.696. The summed E-state index contributed by atoms with van der Waals surface area (Å²) in [7, 11) is 0. The van der Waals surface area contributed by atoms with Crippen LogP contribution in [0.15, 0.2) is 49.0 Å². The Balaban J connectivity index is 1.96. The van der Waals surface area contributed by atoms with E-state index in [-0.39, 0.29) is 6.04 Å². The molecule has 0 bridgehead atoms. The van der Waals surface area contributed by atoms with Crippen LogP contribution < -0.4 is 4.90 Å². The third-order valence-electron chi connectivity index (χ3n) is 4.70. The highest BCUT2D eigenvalue weighted by Crippen LogP contribution is 2.42. The highest BCUT2D eigenvalue weighted by Gasteiger charge is 2.29. The molecule has 0 radical (unpaired) electrons. The van der Waals surface area contributed by atoms with E-state index in [0.717, 1.165) is 41.0 Å². The molecule has 0 spiro atoms. The molecule has 1 unspecified atom stereocenters. The van der Waals surface area contributed by atoms with Gasteiger partial charge in [-0.3, -0.25) is 0 Å². The first-order valence-electron chi connectivity index (χ1n) is 8.21. The third kappa shape index (κ3) is 2.26. The number of imidazole rings is 1. The van der Waals surface area contributed by atoms with Crippen LogP contribution in [-0.4, -0.2) is 27.9 Å². The first-order chi connectivity index (χ1) is 11.7. The number of aromatic amines is 1. The fourth-order valence-corrected chi connectivity index (χ4v) is 3.81. The Morgan fingerprint density at radius 3 is 2.79 bits per heavy atom. The van der Waals surface area contributed by atoms with Gasteiger partial charge in [-0.1, -0.05) is 43.1 Å². The fourth-order valence-electron chi connectivity index (χ4n) is 3.56. The smallest absolute Gasteiger partial charge is 0.140 e. The van der Waals surface area contributed by atoms with Gasteiger partial charge in [0.2, 0.25) is 0 Å². The Hall–Kier alpha value is -2.46. The Morgan fingerprint density at radius 2 is 2.04 bits per heavy atom. The van der Waals surface area contributed by atoms with E-state index in [1.165, 1.54) is 11.3 Å². The molecular weight excluding hydrogens is 314 g/mol. The number of fused-ring (bicyclic) bond motifs is 2. The highest BCUT2D eigenvalue weighted by atomic mass is 32.1. The average Bonchev–Trinajstić information content (AvgIpc) is 3.05. The molecule has 0 fully saturated rings. The molecule has 0 saturated carbocycles. The molecular formula is C20H19N3S. The fraction of sp³-hybridized carbons (Fsp3) is 0.200. The minimum Gasteiger partial charge on any atom is -0.363 e. The molecule has 2 aromatic carbocycles. The van der Waals surface area contributed by atoms with Gasteiger partial charge in [-0.25, -0.2) is 4.98 Å². The van der Waals surface area contributed by atoms with E-state index >= 15 is 0 Å². The Morgan fingerprint density at radius 1 is 1.25 bits per heavy atom. The zero-order valence-electron chi connectivity index (χ0n) is 13.6. The van der Waals surface area contributed by atoms with Crippen LogP contribution in [0, 0.1) is 0 Å². The number of thiocarbonyl (C=S) groups is 1. The lowest BCUT2D eigenvalue weighted by Crippen LogP contribution is -2.39. The van der Waals surface area contributed by atoms with Crippen LogP contribution in [0.2, 0.25) is 0 Å². The van der Waals surface area contributed by atoms with Crippen LogP contribution in [0.3, 0.4) is 0 Å². The number of aromatic nitrogens is 2. The number of rotatable bonds is 3. The van der Waals surface area contributed by atoms with Crippen molar-refractivity contribution in [2.75, 3.05) is 11.4 Å². The number of anilines is 1. The highest BCUT2D eigenvalue weighted by molar-refractivity contribution is 7.79. The number of H-pyrrole nitrogens is 1.